The molecule has 204 valence electrons. The van der Waals surface area contributed by atoms with Gasteiger partial charge in [0.2, 0.25) is 5.75 Å². The van der Waals surface area contributed by atoms with Gasteiger partial charge < -0.3 is 34.1 Å². The molecule has 0 spiro atoms. The van der Waals surface area contributed by atoms with E-state index in [1.54, 1.807) is 30.4 Å². The number of ketones is 1. The quantitative estimate of drug-likeness (QED) is 0.0780. The van der Waals surface area contributed by atoms with Crippen LogP contribution in [0, 0.1) is 10.1 Å². The summed E-state index contributed by atoms with van der Waals surface area (Å²) in [6.45, 7) is 0. The lowest BCUT2D eigenvalue weighted by Gasteiger charge is -2.13. The maximum absolute atomic E-state index is 12.7. The smallest absolute Gasteiger partial charge is 0.311 e. The first-order valence-electron chi connectivity index (χ1n) is 11.4. The van der Waals surface area contributed by atoms with Gasteiger partial charge in [-0.1, -0.05) is 12.2 Å². The molecule has 0 aromatic heterocycles. The second kappa shape index (κ2) is 12.9. The van der Waals surface area contributed by atoms with Crippen LogP contribution in [-0.4, -0.2) is 51.4 Å². The van der Waals surface area contributed by atoms with Crippen molar-refractivity contribution >= 4 is 29.3 Å². The molecule has 3 aromatic rings. The van der Waals surface area contributed by atoms with Crippen LogP contribution in [-0.2, 0) is 0 Å². The van der Waals surface area contributed by atoms with E-state index >= 15 is 0 Å². The van der Waals surface area contributed by atoms with Gasteiger partial charge in [-0.3, -0.25) is 14.9 Å². The third-order valence-electron chi connectivity index (χ3n) is 5.63. The number of methoxy groups -OCH3 is 5. The minimum Gasteiger partial charge on any atom is -0.504 e. The van der Waals surface area contributed by atoms with E-state index in [1.165, 1.54) is 66.0 Å². The fraction of sp³-hybridized carbons (Fsp3) is 0.179. The van der Waals surface area contributed by atoms with E-state index in [2.05, 4.69) is 5.32 Å². The molecular formula is C28H28N2O9. The monoisotopic (exact) mass is 536 g/mol. The summed E-state index contributed by atoms with van der Waals surface area (Å²) >= 11 is 0. The van der Waals surface area contributed by atoms with Crippen molar-refractivity contribution in [3.8, 4) is 34.5 Å². The predicted octanol–water partition coefficient (Wildman–Crippen LogP) is 5.32. The fourth-order valence-electron chi connectivity index (χ4n) is 3.68. The first-order valence-corrected chi connectivity index (χ1v) is 11.4. The van der Waals surface area contributed by atoms with Crippen molar-refractivity contribution in [3.05, 3.63) is 81.5 Å². The first kappa shape index (κ1) is 28.4. The Kier molecular flexibility index (Phi) is 9.36. The number of anilines is 1. The molecule has 11 nitrogen and oxygen atoms in total. The van der Waals surface area contributed by atoms with Gasteiger partial charge in [-0.05, 0) is 35.9 Å². The molecule has 0 fully saturated rings. The molecule has 39 heavy (non-hydrogen) atoms. The third kappa shape index (κ3) is 6.58. The molecule has 0 bridgehead atoms. The zero-order valence-electron chi connectivity index (χ0n) is 22.0. The number of carbonyl (C=O) groups is 1. The lowest BCUT2D eigenvalue weighted by molar-refractivity contribution is -0.385. The van der Waals surface area contributed by atoms with Crippen molar-refractivity contribution in [2.24, 2.45) is 0 Å². The van der Waals surface area contributed by atoms with Gasteiger partial charge in [0.15, 0.2) is 34.5 Å². The van der Waals surface area contributed by atoms with Crippen molar-refractivity contribution in [1.29, 1.82) is 0 Å². The maximum atomic E-state index is 12.7. The normalized spacial score (nSPS) is 10.9. The number of ether oxygens (including phenoxy) is 5. The molecule has 0 unspecified atom stereocenters. The molecule has 3 aromatic carbocycles. The van der Waals surface area contributed by atoms with Gasteiger partial charge in [-0.2, -0.15) is 0 Å². The number of allylic oxidation sites excluding steroid dienone is 1. The first-order chi connectivity index (χ1) is 18.8. The van der Waals surface area contributed by atoms with Crippen molar-refractivity contribution in [1.82, 2.24) is 0 Å². The second-order valence-corrected chi connectivity index (χ2v) is 7.89. The number of hydrogen-bond donors (Lipinski definition) is 2. The summed E-state index contributed by atoms with van der Waals surface area (Å²) < 4.78 is 26.3. The number of hydrogen-bond acceptors (Lipinski definition) is 10. The minimum atomic E-state index is -0.618. The summed E-state index contributed by atoms with van der Waals surface area (Å²) in [6.07, 6.45) is 6.14. The fourth-order valence-corrected chi connectivity index (χ4v) is 3.68. The molecule has 0 aliphatic carbocycles. The molecular weight excluding hydrogens is 508 g/mol. The Hall–Kier alpha value is -5.19. The molecule has 0 radical (unpaired) electrons. The van der Waals surface area contributed by atoms with Crippen LogP contribution in [0.3, 0.4) is 0 Å². The Morgan fingerprint density at radius 2 is 1.49 bits per heavy atom. The van der Waals surface area contributed by atoms with Gasteiger partial charge in [0.1, 0.15) is 0 Å². The van der Waals surface area contributed by atoms with E-state index in [9.17, 15) is 20.0 Å². The molecule has 0 saturated carbocycles. The van der Waals surface area contributed by atoms with Crippen LogP contribution in [0.25, 0.3) is 12.2 Å². The van der Waals surface area contributed by atoms with E-state index in [0.29, 0.717) is 28.5 Å². The third-order valence-corrected chi connectivity index (χ3v) is 5.63. The minimum absolute atomic E-state index is 0.0540. The van der Waals surface area contributed by atoms with E-state index < -0.39 is 10.7 Å². The predicted molar refractivity (Wildman–Crippen MR) is 146 cm³/mol. The van der Waals surface area contributed by atoms with E-state index in [4.69, 9.17) is 23.7 Å². The lowest BCUT2D eigenvalue weighted by Crippen LogP contribution is -2.00. The molecule has 3 rings (SSSR count). The Morgan fingerprint density at radius 3 is 2.05 bits per heavy atom. The van der Waals surface area contributed by atoms with Crippen LogP contribution < -0.4 is 29.0 Å². The number of carbonyl (C=O) groups excluding carboxylic acids is 1. The zero-order chi connectivity index (χ0) is 28.5. The Morgan fingerprint density at radius 1 is 0.846 bits per heavy atom. The number of aromatic hydroxyl groups is 1. The number of nitrogens with one attached hydrogen (secondary N) is 1. The number of nitro benzene ring substituents is 1. The average Bonchev–Trinajstić information content (AvgIpc) is 2.95. The molecule has 0 aliphatic heterocycles. The summed E-state index contributed by atoms with van der Waals surface area (Å²) in [5, 5.41) is 24.6. The van der Waals surface area contributed by atoms with Gasteiger partial charge >= 0.3 is 5.69 Å². The van der Waals surface area contributed by atoms with Gasteiger partial charge in [-0.25, -0.2) is 0 Å². The summed E-state index contributed by atoms with van der Waals surface area (Å²) in [6, 6.07) is 10.6. The molecule has 0 saturated heterocycles. The van der Waals surface area contributed by atoms with Crippen molar-refractivity contribution in [2.75, 3.05) is 40.9 Å². The number of benzene rings is 3. The van der Waals surface area contributed by atoms with Crippen LogP contribution >= 0.6 is 0 Å². The molecule has 0 aliphatic rings. The van der Waals surface area contributed by atoms with Crippen LogP contribution in [0.1, 0.15) is 21.5 Å². The van der Waals surface area contributed by atoms with E-state index in [1.807, 2.05) is 0 Å². The van der Waals surface area contributed by atoms with Gasteiger partial charge in [0.05, 0.1) is 40.5 Å². The highest BCUT2D eigenvalue weighted by Gasteiger charge is 2.17. The van der Waals surface area contributed by atoms with Crippen LogP contribution in [0.2, 0.25) is 0 Å². The topological polar surface area (TPSA) is 139 Å². The largest absolute Gasteiger partial charge is 0.504 e. The summed E-state index contributed by atoms with van der Waals surface area (Å²) in [5.74, 6) is 1.14. The molecule has 0 atom stereocenters. The summed E-state index contributed by atoms with van der Waals surface area (Å²) in [7, 11) is 7.29. The number of phenolic OH excluding ortho intramolecular Hbond substituents is 1. The zero-order valence-corrected chi connectivity index (χ0v) is 22.0. The Labute approximate surface area is 225 Å². The molecule has 11 heteroatoms. The van der Waals surface area contributed by atoms with Crippen LogP contribution in [0.4, 0.5) is 11.4 Å². The highest BCUT2D eigenvalue weighted by atomic mass is 16.6. The average molecular weight is 537 g/mol. The van der Waals surface area contributed by atoms with Crippen LogP contribution in [0.15, 0.2) is 54.7 Å². The SMILES string of the molecule is COc1cc(NC=CC(=O)c2ccc(OC)c([N+](=O)[O-])c2)c(C=Cc2cc(OC)c(OC)c(OC)c2)cc1O. The van der Waals surface area contributed by atoms with Gasteiger partial charge in [0.25, 0.3) is 0 Å². The summed E-state index contributed by atoms with van der Waals surface area (Å²) in [4.78, 5) is 23.3. The number of phenols is 1. The maximum Gasteiger partial charge on any atom is 0.311 e. The summed E-state index contributed by atoms with van der Waals surface area (Å²) in [5.41, 5.74) is 1.62. The highest BCUT2D eigenvalue weighted by Crippen LogP contribution is 2.39. The van der Waals surface area contributed by atoms with Gasteiger partial charge in [-0.15, -0.1) is 0 Å². The van der Waals surface area contributed by atoms with Crippen molar-refractivity contribution < 1.29 is 38.5 Å². The second-order valence-electron chi connectivity index (χ2n) is 7.89. The van der Waals surface area contributed by atoms with Gasteiger partial charge in [0, 0.05) is 41.2 Å². The Balaban J connectivity index is 1.90. The molecule has 0 heterocycles. The van der Waals surface area contributed by atoms with Crippen LogP contribution in [0.5, 0.6) is 34.5 Å². The van der Waals surface area contributed by atoms with E-state index in [-0.39, 0.29) is 28.5 Å². The van der Waals surface area contributed by atoms with E-state index in [0.717, 1.165) is 11.6 Å². The standard InChI is InChI=1S/C28H28N2O9/c1-35-24-9-8-19(14-21(24)30(33)34)22(31)10-11-29-20-16-25(36-2)23(32)15-18(20)7-6-17-12-26(37-3)28(39-5)27(13-17)38-4/h6-16,29,32H,1-5H3. The van der Waals surface area contributed by atoms with Crippen molar-refractivity contribution in [2.45, 2.75) is 0 Å². The molecule has 2 N–H and O–H groups in total. The number of nitro groups is 1. The lowest BCUT2D eigenvalue weighted by atomic mass is 10.1. The highest BCUT2D eigenvalue weighted by molar-refractivity contribution is 6.05. The van der Waals surface area contributed by atoms with Crippen molar-refractivity contribution in [3.63, 3.8) is 0 Å². The Bertz CT molecular complexity index is 1410. The molecule has 0 amide bonds. The number of nitrogens with zero attached hydrogens (tertiary/aromatic N) is 1. The number of rotatable bonds is 12.